The Hall–Kier alpha value is -1.72. The number of H-pyrrole nitrogens is 1. The molecule has 1 aliphatic rings. The molecule has 1 aromatic heterocycles. The first-order valence-corrected chi connectivity index (χ1v) is 6.76. The maximum absolute atomic E-state index is 13.3. The highest BCUT2D eigenvalue weighted by molar-refractivity contribution is 5.61. The van der Waals surface area contributed by atoms with E-state index >= 15 is 0 Å². The van der Waals surface area contributed by atoms with Gasteiger partial charge in [0.15, 0.2) is 0 Å². The fourth-order valence-electron chi connectivity index (χ4n) is 2.66. The van der Waals surface area contributed by atoms with E-state index in [1.807, 2.05) is 13.0 Å². The van der Waals surface area contributed by atoms with Gasteiger partial charge in [-0.1, -0.05) is 12.1 Å². The van der Waals surface area contributed by atoms with Gasteiger partial charge in [-0.15, -0.1) is 0 Å². The van der Waals surface area contributed by atoms with Gasteiger partial charge < -0.3 is 15.0 Å². The van der Waals surface area contributed by atoms with E-state index in [1.54, 1.807) is 13.2 Å². The number of aryl methyl sites for hydroxylation is 1. The van der Waals surface area contributed by atoms with E-state index < -0.39 is 0 Å². The molecule has 3 rings (SSSR count). The van der Waals surface area contributed by atoms with Crippen LogP contribution in [0.1, 0.15) is 24.0 Å². The van der Waals surface area contributed by atoms with E-state index in [0.29, 0.717) is 0 Å². The first kappa shape index (κ1) is 13.3. The molecule has 1 saturated heterocycles. The molecule has 4 nitrogen and oxygen atoms in total. The highest BCUT2D eigenvalue weighted by atomic mass is 19.1. The molecule has 2 aromatic rings. The average molecular weight is 275 g/mol. The number of aromatic amines is 1. The Kier molecular flexibility index (Phi) is 3.54. The second-order valence-corrected chi connectivity index (χ2v) is 5.16. The smallest absolute Gasteiger partial charge is 0.124 e. The van der Waals surface area contributed by atoms with E-state index in [4.69, 9.17) is 4.74 Å². The van der Waals surface area contributed by atoms with Crippen LogP contribution in [0, 0.1) is 12.7 Å². The summed E-state index contributed by atoms with van der Waals surface area (Å²) in [6.07, 6.45) is 1.12. The number of benzene rings is 1. The Morgan fingerprint density at radius 1 is 1.40 bits per heavy atom. The number of nitrogens with zero attached hydrogens (tertiary/aromatic N) is 1. The SMILES string of the molecule is COC1CNC(c2nc(-c3cccc(F)c3)c(C)[nH]2)C1. The van der Waals surface area contributed by atoms with Crippen LogP contribution in [0.3, 0.4) is 0 Å². The number of nitrogens with one attached hydrogen (secondary N) is 2. The van der Waals surface area contributed by atoms with Gasteiger partial charge in [0.1, 0.15) is 11.6 Å². The Balaban J connectivity index is 1.88. The summed E-state index contributed by atoms with van der Waals surface area (Å²) in [6, 6.07) is 6.69. The van der Waals surface area contributed by atoms with Crippen molar-refractivity contribution in [2.45, 2.75) is 25.5 Å². The number of aromatic nitrogens is 2. The Labute approximate surface area is 117 Å². The number of methoxy groups -OCH3 is 1. The first-order chi connectivity index (χ1) is 9.67. The summed E-state index contributed by atoms with van der Waals surface area (Å²) in [5.41, 5.74) is 2.56. The molecule has 5 heteroatoms. The van der Waals surface area contributed by atoms with Crippen molar-refractivity contribution in [2.75, 3.05) is 13.7 Å². The van der Waals surface area contributed by atoms with E-state index in [9.17, 15) is 4.39 Å². The van der Waals surface area contributed by atoms with Crippen molar-refractivity contribution >= 4 is 0 Å². The van der Waals surface area contributed by atoms with Crippen LogP contribution < -0.4 is 5.32 Å². The van der Waals surface area contributed by atoms with Crippen molar-refractivity contribution in [3.05, 3.63) is 41.6 Å². The van der Waals surface area contributed by atoms with Gasteiger partial charge in [0.25, 0.3) is 0 Å². The molecule has 106 valence electrons. The van der Waals surface area contributed by atoms with Crippen LogP contribution in [-0.4, -0.2) is 29.7 Å². The van der Waals surface area contributed by atoms with E-state index in [-0.39, 0.29) is 18.0 Å². The zero-order valence-corrected chi connectivity index (χ0v) is 11.6. The van der Waals surface area contributed by atoms with Gasteiger partial charge in [-0.3, -0.25) is 0 Å². The normalized spacial score (nSPS) is 22.4. The highest BCUT2D eigenvalue weighted by Crippen LogP contribution is 2.27. The molecule has 0 aliphatic carbocycles. The minimum Gasteiger partial charge on any atom is -0.380 e. The minimum atomic E-state index is -0.245. The molecule has 20 heavy (non-hydrogen) atoms. The lowest BCUT2D eigenvalue weighted by Crippen LogP contribution is -2.16. The fourth-order valence-corrected chi connectivity index (χ4v) is 2.66. The maximum Gasteiger partial charge on any atom is 0.124 e. The highest BCUT2D eigenvalue weighted by Gasteiger charge is 2.27. The second kappa shape index (κ2) is 5.34. The zero-order chi connectivity index (χ0) is 14.1. The maximum atomic E-state index is 13.3. The quantitative estimate of drug-likeness (QED) is 0.905. The van der Waals surface area contributed by atoms with Crippen molar-refractivity contribution in [2.24, 2.45) is 0 Å². The monoisotopic (exact) mass is 275 g/mol. The topological polar surface area (TPSA) is 49.9 Å². The van der Waals surface area contributed by atoms with Crippen LogP contribution >= 0.6 is 0 Å². The second-order valence-electron chi connectivity index (χ2n) is 5.16. The number of hydrogen-bond acceptors (Lipinski definition) is 3. The van der Waals surface area contributed by atoms with Gasteiger partial charge in [0.05, 0.1) is 17.8 Å². The van der Waals surface area contributed by atoms with E-state index in [0.717, 1.165) is 35.7 Å². The van der Waals surface area contributed by atoms with Crippen molar-refractivity contribution in [1.82, 2.24) is 15.3 Å². The van der Waals surface area contributed by atoms with Crippen LogP contribution in [-0.2, 0) is 4.74 Å². The third-order valence-corrected chi connectivity index (χ3v) is 3.76. The summed E-state index contributed by atoms with van der Waals surface area (Å²) >= 11 is 0. The number of ether oxygens (including phenoxy) is 1. The van der Waals surface area contributed by atoms with Gasteiger partial charge in [-0.2, -0.15) is 0 Å². The molecule has 1 aromatic carbocycles. The summed E-state index contributed by atoms with van der Waals surface area (Å²) in [5, 5.41) is 3.38. The first-order valence-electron chi connectivity index (χ1n) is 6.76. The predicted molar refractivity (Wildman–Crippen MR) is 74.9 cm³/mol. The van der Waals surface area contributed by atoms with E-state index in [2.05, 4.69) is 15.3 Å². The molecule has 0 saturated carbocycles. The molecule has 0 spiro atoms. The average Bonchev–Trinajstić information content (AvgIpc) is 3.04. The lowest BCUT2D eigenvalue weighted by molar-refractivity contribution is 0.117. The molecule has 1 aliphatic heterocycles. The predicted octanol–water partition coefficient (Wildman–Crippen LogP) is 2.57. The standard InChI is InChI=1S/C15H18FN3O/c1-9-14(10-4-3-5-11(16)6-10)19-15(18-9)13-7-12(20-2)8-17-13/h3-6,12-13,17H,7-8H2,1-2H3,(H,18,19). The molecule has 2 N–H and O–H groups in total. The van der Waals surface area contributed by atoms with Gasteiger partial charge in [0, 0.05) is 24.9 Å². The number of rotatable bonds is 3. The molecular formula is C15H18FN3O. The molecular weight excluding hydrogens is 257 g/mol. The van der Waals surface area contributed by atoms with Gasteiger partial charge in [-0.25, -0.2) is 9.37 Å². The summed E-state index contributed by atoms with van der Waals surface area (Å²) in [7, 11) is 1.72. The van der Waals surface area contributed by atoms with Crippen LogP contribution in [0.2, 0.25) is 0 Å². The zero-order valence-electron chi connectivity index (χ0n) is 11.6. The largest absolute Gasteiger partial charge is 0.380 e. The Bertz CT molecular complexity index is 611. The molecule has 0 radical (unpaired) electrons. The summed E-state index contributed by atoms with van der Waals surface area (Å²) in [6.45, 7) is 2.79. The lowest BCUT2D eigenvalue weighted by atomic mass is 10.1. The van der Waals surface area contributed by atoms with Crippen molar-refractivity contribution < 1.29 is 9.13 Å². The van der Waals surface area contributed by atoms with Crippen molar-refractivity contribution in [3.8, 4) is 11.3 Å². The van der Waals surface area contributed by atoms with Crippen LogP contribution in [0.4, 0.5) is 4.39 Å². The van der Waals surface area contributed by atoms with Gasteiger partial charge in [-0.05, 0) is 25.5 Å². The minimum absolute atomic E-state index is 0.168. The van der Waals surface area contributed by atoms with Gasteiger partial charge in [0.2, 0.25) is 0 Å². The van der Waals surface area contributed by atoms with Crippen molar-refractivity contribution in [1.29, 1.82) is 0 Å². The van der Waals surface area contributed by atoms with Crippen LogP contribution in [0.5, 0.6) is 0 Å². The van der Waals surface area contributed by atoms with E-state index in [1.165, 1.54) is 12.1 Å². The number of imidazole rings is 1. The fraction of sp³-hybridized carbons (Fsp3) is 0.400. The Morgan fingerprint density at radius 3 is 2.95 bits per heavy atom. The molecule has 0 bridgehead atoms. The Morgan fingerprint density at radius 2 is 2.25 bits per heavy atom. The lowest BCUT2D eigenvalue weighted by Gasteiger charge is -2.06. The third kappa shape index (κ3) is 2.46. The summed E-state index contributed by atoms with van der Waals surface area (Å²) < 4.78 is 18.7. The van der Waals surface area contributed by atoms with Crippen LogP contribution in [0.15, 0.2) is 24.3 Å². The summed E-state index contributed by atoms with van der Waals surface area (Å²) in [5.74, 6) is 0.645. The molecule has 2 heterocycles. The molecule has 2 unspecified atom stereocenters. The molecule has 1 fully saturated rings. The summed E-state index contributed by atoms with van der Waals surface area (Å²) in [4.78, 5) is 7.93. The van der Waals surface area contributed by atoms with Crippen molar-refractivity contribution in [3.63, 3.8) is 0 Å². The van der Waals surface area contributed by atoms with Crippen LogP contribution in [0.25, 0.3) is 11.3 Å². The number of hydrogen-bond donors (Lipinski definition) is 2. The number of halogens is 1. The molecule has 0 amide bonds. The third-order valence-electron chi connectivity index (χ3n) is 3.76. The molecule has 2 atom stereocenters. The van der Waals surface area contributed by atoms with Gasteiger partial charge >= 0.3 is 0 Å².